The summed E-state index contributed by atoms with van der Waals surface area (Å²) in [6, 6.07) is 5.25. The summed E-state index contributed by atoms with van der Waals surface area (Å²) in [5.74, 6) is 2.50. The smallest absolute Gasteiger partial charge is 0.261 e. The second-order valence-electron chi connectivity index (χ2n) is 5.58. The van der Waals surface area contributed by atoms with Crippen LogP contribution in [0.3, 0.4) is 0 Å². The van der Waals surface area contributed by atoms with Crippen molar-refractivity contribution in [3.63, 3.8) is 0 Å². The van der Waals surface area contributed by atoms with Crippen molar-refractivity contribution in [2.75, 3.05) is 0 Å². The van der Waals surface area contributed by atoms with Crippen LogP contribution in [0, 0.1) is 5.92 Å². The molecule has 1 aromatic heterocycles. The van der Waals surface area contributed by atoms with Crippen LogP contribution in [0.2, 0.25) is 0 Å². The van der Waals surface area contributed by atoms with Crippen molar-refractivity contribution in [3.8, 4) is 17.2 Å². The minimum absolute atomic E-state index is 0.145. The van der Waals surface area contributed by atoms with Gasteiger partial charge in [0.25, 0.3) is 5.89 Å². The summed E-state index contributed by atoms with van der Waals surface area (Å²) in [6.45, 7) is 2.29. The minimum atomic E-state index is 0.145. The van der Waals surface area contributed by atoms with Gasteiger partial charge in [0.05, 0.1) is 5.56 Å². The standard InChI is InChI=1S/C15H17BrN2O2/c1-9-2-4-10(5-3-9)14-17-15(20-18-14)12-7-6-11(16)8-13(12)19/h6-10,19H,2-5H2,1H3. The maximum atomic E-state index is 9.94. The Morgan fingerprint density at radius 1 is 1.25 bits per heavy atom. The third kappa shape index (κ3) is 2.73. The first-order chi connectivity index (χ1) is 9.63. The monoisotopic (exact) mass is 336 g/mol. The van der Waals surface area contributed by atoms with Crippen LogP contribution >= 0.6 is 15.9 Å². The van der Waals surface area contributed by atoms with Crippen molar-refractivity contribution in [1.82, 2.24) is 10.1 Å². The Morgan fingerprint density at radius 3 is 2.70 bits per heavy atom. The highest BCUT2D eigenvalue weighted by molar-refractivity contribution is 9.10. The topological polar surface area (TPSA) is 59.2 Å². The zero-order valence-corrected chi connectivity index (χ0v) is 12.9. The second kappa shape index (κ2) is 5.56. The van der Waals surface area contributed by atoms with E-state index in [4.69, 9.17) is 4.52 Å². The Kier molecular flexibility index (Phi) is 3.78. The molecule has 0 radical (unpaired) electrons. The van der Waals surface area contributed by atoms with E-state index in [9.17, 15) is 5.11 Å². The average molecular weight is 337 g/mol. The van der Waals surface area contributed by atoms with Gasteiger partial charge in [0.2, 0.25) is 0 Å². The quantitative estimate of drug-likeness (QED) is 0.877. The summed E-state index contributed by atoms with van der Waals surface area (Å²) >= 11 is 3.32. The largest absolute Gasteiger partial charge is 0.507 e. The van der Waals surface area contributed by atoms with E-state index in [1.165, 1.54) is 12.8 Å². The number of rotatable bonds is 2. The van der Waals surface area contributed by atoms with Gasteiger partial charge in [-0.1, -0.05) is 40.9 Å². The number of benzene rings is 1. The van der Waals surface area contributed by atoms with E-state index in [2.05, 4.69) is 33.0 Å². The molecule has 1 aliphatic carbocycles. The van der Waals surface area contributed by atoms with Gasteiger partial charge in [-0.15, -0.1) is 0 Å². The molecule has 0 amide bonds. The molecule has 4 nitrogen and oxygen atoms in total. The first-order valence-electron chi connectivity index (χ1n) is 6.96. The van der Waals surface area contributed by atoms with E-state index in [1.807, 2.05) is 6.07 Å². The van der Waals surface area contributed by atoms with Gasteiger partial charge in [0, 0.05) is 10.4 Å². The molecule has 1 N–H and O–H groups in total. The summed E-state index contributed by atoms with van der Waals surface area (Å²) in [5.41, 5.74) is 0.580. The Hall–Kier alpha value is -1.36. The summed E-state index contributed by atoms with van der Waals surface area (Å²) in [7, 11) is 0. The molecule has 1 fully saturated rings. The van der Waals surface area contributed by atoms with Gasteiger partial charge in [-0.3, -0.25) is 0 Å². The summed E-state index contributed by atoms with van der Waals surface area (Å²) < 4.78 is 6.13. The summed E-state index contributed by atoms with van der Waals surface area (Å²) in [4.78, 5) is 4.47. The van der Waals surface area contributed by atoms with E-state index in [-0.39, 0.29) is 5.75 Å². The zero-order chi connectivity index (χ0) is 14.1. The Balaban J connectivity index is 1.83. The summed E-state index contributed by atoms with van der Waals surface area (Å²) in [5, 5.41) is 14.0. The van der Waals surface area contributed by atoms with Crippen molar-refractivity contribution in [1.29, 1.82) is 0 Å². The van der Waals surface area contributed by atoms with Crippen LogP contribution in [0.5, 0.6) is 5.75 Å². The molecule has 0 saturated heterocycles. The predicted molar refractivity (Wildman–Crippen MR) is 79.5 cm³/mol. The van der Waals surface area contributed by atoms with E-state index in [1.54, 1.807) is 12.1 Å². The molecule has 20 heavy (non-hydrogen) atoms. The fraction of sp³-hybridized carbons (Fsp3) is 0.467. The van der Waals surface area contributed by atoms with Gasteiger partial charge in [0.15, 0.2) is 5.82 Å². The lowest BCUT2D eigenvalue weighted by Crippen LogP contribution is -2.11. The van der Waals surface area contributed by atoms with Crippen molar-refractivity contribution in [2.24, 2.45) is 5.92 Å². The van der Waals surface area contributed by atoms with E-state index < -0.39 is 0 Å². The number of phenolic OH excluding ortho intramolecular Hbond substituents is 1. The maximum Gasteiger partial charge on any atom is 0.261 e. The van der Waals surface area contributed by atoms with Gasteiger partial charge < -0.3 is 9.63 Å². The van der Waals surface area contributed by atoms with Crippen LogP contribution in [0.4, 0.5) is 0 Å². The number of hydrogen-bond acceptors (Lipinski definition) is 4. The average Bonchev–Trinajstić information content (AvgIpc) is 2.89. The highest BCUT2D eigenvalue weighted by Crippen LogP contribution is 2.36. The molecule has 1 aliphatic rings. The molecular weight excluding hydrogens is 320 g/mol. The van der Waals surface area contributed by atoms with E-state index in [0.29, 0.717) is 17.4 Å². The van der Waals surface area contributed by atoms with Crippen molar-refractivity contribution in [3.05, 3.63) is 28.5 Å². The second-order valence-corrected chi connectivity index (χ2v) is 6.49. The van der Waals surface area contributed by atoms with Crippen LogP contribution in [0.15, 0.2) is 27.2 Å². The van der Waals surface area contributed by atoms with Crippen LogP contribution in [-0.4, -0.2) is 15.2 Å². The molecule has 0 aliphatic heterocycles. The van der Waals surface area contributed by atoms with Crippen LogP contribution in [0.25, 0.3) is 11.5 Å². The van der Waals surface area contributed by atoms with Gasteiger partial charge in [0.1, 0.15) is 5.75 Å². The molecule has 0 unspecified atom stereocenters. The first-order valence-corrected chi connectivity index (χ1v) is 7.75. The fourth-order valence-corrected chi connectivity index (χ4v) is 3.06. The molecule has 106 valence electrons. The van der Waals surface area contributed by atoms with Gasteiger partial charge in [-0.25, -0.2) is 0 Å². The van der Waals surface area contributed by atoms with E-state index >= 15 is 0 Å². The Bertz CT molecular complexity index is 604. The van der Waals surface area contributed by atoms with Crippen LogP contribution in [-0.2, 0) is 0 Å². The zero-order valence-electron chi connectivity index (χ0n) is 11.3. The first kappa shape index (κ1) is 13.6. The lowest BCUT2D eigenvalue weighted by Gasteiger charge is -2.23. The molecule has 3 rings (SSSR count). The minimum Gasteiger partial charge on any atom is -0.507 e. The molecular formula is C15H17BrN2O2. The van der Waals surface area contributed by atoms with Crippen molar-refractivity contribution >= 4 is 15.9 Å². The van der Waals surface area contributed by atoms with Gasteiger partial charge in [-0.2, -0.15) is 4.98 Å². The van der Waals surface area contributed by atoms with Gasteiger partial charge in [-0.05, 0) is 37.0 Å². The highest BCUT2D eigenvalue weighted by atomic mass is 79.9. The molecule has 1 heterocycles. The molecule has 2 aromatic rings. The third-order valence-corrected chi connectivity index (χ3v) is 4.51. The maximum absolute atomic E-state index is 9.94. The van der Waals surface area contributed by atoms with Gasteiger partial charge >= 0.3 is 0 Å². The molecule has 5 heteroatoms. The lowest BCUT2D eigenvalue weighted by atomic mass is 9.83. The molecule has 0 bridgehead atoms. The predicted octanol–water partition coefficient (Wildman–Crippen LogP) is 4.50. The van der Waals surface area contributed by atoms with Crippen molar-refractivity contribution in [2.45, 2.75) is 38.5 Å². The molecule has 1 aromatic carbocycles. The number of nitrogens with zero attached hydrogens (tertiary/aromatic N) is 2. The molecule has 0 atom stereocenters. The van der Waals surface area contributed by atoms with Crippen molar-refractivity contribution < 1.29 is 9.63 Å². The number of aromatic nitrogens is 2. The van der Waals surface area contributed by atoms with E-state index in [0.717, 1.165) is 29.1 Å². The third-order valence-electron chi connectivity index (χ3n) is 4.01. The summed E-state index contributed by atoms with van der Waals surface area (Å²) in [6.07, 6.45) is 4.68. The molecule has 0 spiro atoms. The fourth-order valence-electron chi connectivity index (χ4n) is 2.71. The molecule has 1 saturated carbocycles. The number of aromatic hydroxyl groups is 1. The Labute approximate surface area is 126 Å². The highest BCUT2D eigenvalue weighted by Gasteiger charge is 2.24. The number of halogens is 1. The normalized spacial score (nSPS) is 22.9. The van der Waals surface area contributed by atoms with Crippen LogP contribution in [0.1, 0.15) is 44.3 Å². The number of hydrogen-bond donors (Lipinski definition) is 1. The SMILES string of the molecule is CC1CCC(c2noc(-c3ccc(Br)cc3O)n2)CC1. The Morgan fingerprint density at radius 2 is 2.00 bits per heavy atom. The number of phenols is 1. The lowest BCUT2D eigenvalue weighted by molar-refractivity contribution is 0.328. The van der Waals surface area contributed by atoms with Crippen LogP contribution < -0.4 is 0 Å².